The van der Waals surface area contributed by atoms with E-state index in [1.807, 2.05) is 31.2 Å². The van der Waals surface area contributed by atoms with Gasteiger partial charge < -0.3 is 10.6 Å². The van der Waals surface area contributed by atoms with E-state index < -0.39 is 0 Å². The fourth-order valence-corrected chi connectivity index (χ4v) is 1.66. The summed E-state index contributed by atoms with van der Waals surface area (Å²) in [6.07, 6.45) is 1.48. The number of aromatic nitrogens is 1. The predicted molar refractivity (Wildman–Crippen MR) is 77.7 cm³/mol. The van der Waals surface area contributed by atoms with Crippen LogP contribution >= 0.6 is 0 Å². The molecular weight excluding hydrogens is 254 g/mol. The Morgan fingerprint density at radius 1 is 1.05 bits per heavy atom. The molecule has 2 N–H and O–H groups in total. The van der Waals surface area contributed by atoms with Crippen molar-refractivity contribution in [3.63, 3.8) is 0 Å². The highest BCUT2D eigenvalue weighted by Crippen LogP contribution is 2.12. The maximum absolute atomic E-state index is 12.1. The Morgan fingerprint density at radius 2 is 1.75 bits per heavy atom. The molecule has 2 amide bonds. The van der Waals surface area contributed by atoms with Crippen molar-refractivity contribution in [3.05, 3.63) is 53.7 Å². The second-order valence-corrected chi connectivity index (χ2v) is 4.43. The number of nitrogens with zero attached hydrogens (tertiary/aromatic N) is 1. The number of nitrogens with one attached hydrogen (secondary N) is 2. The van der Waals surface area contributed by atoms with Gasteiger partial charge in [-0.2, -0.15) is 0 Å². The molecule has 2 rings (SSSR count). The summed E-state index contributed by atoms with van der Waals surface area (Å²) in [7, 11) is 0. The number of carbonyl (C=O) groups excluding carboxylic acids is 2. The van der Waals surface area contributed by atoms with Crippen molar-refractivity contribution in [2.24, 2.45) is 0 Å². The maximum atomic E-state index is 12.1. The van der Waals surface area contributed by atoms with Crippen LogP contribution in [0.5, 0.6) is 0 Å². The summed E-state index contributed by atoms with van der Waals surface area (Å²) in [4.78, 5) is 27.0. The smallest absolute Gasteiger partial charge is 0.255 e. The number of benzene rings is 1. The van der Waals surface area contributed by atoms with Crippen molar-refractivity contribution in [1.82, 2.24) is 4.98 Å². The van der Waals surface area contributed by atoms with Gasteiger partial charge in [0.25, 0.3) is 5.91 Å². The van der Waals surface area contributed by atoms with Crippen LogP contribution in [-0.2, 0) is 4.79 Å². The zero-order valence-electron chi connectivity index (χ0n) is 11.3. The van der Waals surface area contributed by atoms with Crippen LogP contribution in [0.3, 0.4) is 0 Å². The van der Waals surface area contributed by atoms with Gasteiger partial charge in [-0.05, 0) is 31.2 Å². The van der Waals surface area contributed by atoms with Crippen molar-refractivity contribution in [2.75, 3.05) is 10.6 Å². The summed E-state index contributed by atoms with van der Waals surface area (Å²) in [6.45, 7) is 3.37. The number of pyridine rings is 1. The molecule has 0 aliphatic carbocycles. The topological polar surface area (TPSA) is 71.1 Å². The molecule has 0 aliphatic heterocycles. The van der Waals surface area contributed by atoms with Crippen molar-refractivity contribution < 1.29 is 9.59 Å². The summed E-state index contributed by atoms with van der Waals surface area (Å²) in [5.74, 6) is -0.120. The molecule has 0 unspecified atom stereocenters. The minimum absolute atomic E-state index is 0.228. The molecule has 0 saturated heterocycles. The molecule has 5 nitrogen and oxygen atoms in total. The summed E-state index contributed by atoms with van der Waals surface area (Å²) in [5, 5.41) is 5.33. The molecule has 0 saturated carbocycles. The molecule has 0 radical (unpaired) electrons. The molecule has 5 heteroatoms. The fourth-order valence-electron chi connectivity index (χ4n) is 1.66. The predicted octanol–water partition coefficient (Wildman–Crippen LogP) is 2.60. The lowest BCUT2D eigenvalue weighted by Gasteiger charge is -2.07. The van der Waals surface area contributed by atoms with Gasteiger partial charge in [-0.25, -0.2) is 4.98 Å². The number of rotatable bonds is 3. The highest BCUT2D eigenvalue weighted by molar-refractivity contribution is 6.05. The molecule has 20 heavy (non-hydrogen) atoms. The van der Waals surface area contributed by atoms with E-state index in [2.05, 4.69) is 15.6 Å². The number of hydrogen-bond donors (Lipinski definition) is 2. The van der Waals surface area contributed by atoms with Gasteiger partial charge in [0.1, 0.15) is 5.82 Å². The van der Waals surface area contributed by atoms with Crippen molar-refractivity contribution in [1.29, 1.82) is 0 Å². The summed E-state index contributed by atoms with van der Waals surface area (Å²) in [5.41, 5.74) is 2.28. The van der Waals surface area contributed by atoms with E-state index in [0.717, 1.165) is 11.3 Å². The molecule has 102 valence electrons. The Bertz CT molecular complexity index is 636. The lowest BCUT2D eigenvalue weighted by atomic mass is 10.2. The fraction of sp³-hybridized carbons (Fsp3) is 0.133. The molecular formula is C15H15N3O2. The lowest BCUT2D eigenvalue weighted by molar-refractivity contribution is -0.114. The summed E-state index contributed by atoms with van der Waals surface area (Å²) >= 11 is 0. The number of amides is 2. The zero-order chi connectivity index (χ0) is 14.5. The molecule has 0 fully saturated rings. The Hall–Kier alpha value is -2.69. The van der Waals surface area contributed by atoms with E-state index in [9.17, 15) is 9.59 Å². The molecule has 0 spiro atoms. The number of hydrogen-bond acceptors (Lipinski definition) is 3. The third-order valence-electron chi connectivity index (χ3n) is 2.64. The first-order valence-corrected chi connectivity index (χ1v) is 6.16. The van der Waals surface area contributed by atoms with Crippen molar-refractivity contribution >= 4 is 23.3 Å². The minimum Gasteiger partial charge on any atom is -0.322 e. The Labute approximate surface area is 117 Å². The SMILES string of the molecule is CC(=O)Nc1cc(C(=O)Nc2ccc(C)cc2)ccn1. The van der Waals surface area contributed by atoms with Crippen LogP contribution in [0.1, 0.15) is 22.8 Å². The van der Waals surface area contributed by atoms with Crippen LogP contribution in [0.15, 0.2) is 42.6 Å². The van der Waals surface area contributed by atoms with Crippen LogP contribution in [0.4, 0.5) is 11.5 Å². The molecule has 0 atom stereocenters. The van der Waals surface area contributed by atoms with Gasteiger partial charge in [-0.1, -0.05) is 17.7 Å². The molecule has 1 aromatic heterocycles. The second kappa shape index (κ2) is 5.97. The van der Waals surface area contributed by atoms with E-state index in [4.69, 9.17) is 0 Å². The first-order valence-electron chi connectivity index (χ1n) is 6.16. The molecule has 0 aliphatic rings. The van der Waals surface area contributed by atoms with Crippen LogP contribution in [-0.4, -0.2) is 16.8 Å². The standard InChI is InChI=1S/C15H15N3O2/c1-10-3-5-13(6-4-10)18-15(20)12-7-8-16-14(9-12)17-11(2)19/h3-9H,1-2H3,(H,18,20)(H,16,17,19). The van der Waals surface area contributed by atoms with Gasteiger partial charge in [0.15, 0.2) is 0 Å². The zero-order valence-corrected chi connectivity index (χ0v) is 11.3. The van der Waals surface area contributed by atoms with Gasteiger partial charge in [0, 0.05) is 24.4 Å². The van der Waals surface area contributed by atoms with E-state index in [1.165, 1.54) is 19.2 Å². The van der Waals surface area contributed by atoms with E-state index >= 15 is 0 Å². The molecule has 2 aromatic rings. The summed E-state index contributed by atoms with van der Waals surface area (Å²) < 4.78 is 0. The normalized spacial score (nSPS) is 9.90. The van der Waals surface area contributed by atoms with Gasteiger partial charge in [0.05, 0.1) is 0 Å². The van der Waals surface area contributed by atoms with Gasteiger partial charge in [-0.3, -0.25) is 9.59 Å². The van der Waals surface area contributed by atoms with E-state index in [0.29, 0.717) is 11.4 Å². The minimum atomic E-state index is -0.247. The largest absolute Gasteiger partial charge is 0.322 e. The Kier molecular flexibility index (Phi) is 4.10. The van der Waals surface area contributed by atoms with Gasteiger partial charge >= 0.3 is 0 Å². The molecule has 0 bridgehead atoms. The third-order valence-corrected chi connectivity index (χ3v) is 2.64. The summed E-state index contributed by atoms with van der Waals surface area (Å²) in [6, 6.07) is 10.6. The van der Waals surface area contributed by atoms with Crippen molar-refractivity contribution in [2.45, 2.75) is 13.8 Å². The first-order chi connectivity index (χ1) is 9.54. The first kappa shape index (κ1) is 13.7. The Morgan fingerprint density at radius 3 is 2.40 bits per heavy atom. The average Bonchev–Trinajstić information content (AvgIpc) is 2.41. The average molecular weight is 269 g/mol. The lowest BCUT2D eigenvalue weighted by Crippen LogP contribution is -2.13. The highest BCUT2D eigenvalue weighted by Gasteiger charge is 2.08. The van der Waals surface area contributed by atoms with Crippen LogP contribution in [0.2, 0.25) is 0 Å². The van der Waals surface area contributed by atoms with Crippen molar-refractivity contribution in [3.8, 4) is 0 Å². The van der Waals surface area contributed by atoms with E-state index in [-0.39, 0.29) is 11.8 Å². The van der Waals surface area contributed by atoms with Crippen LogP contribution in [0, 0.1) is 6.92 Å². The second-order valence-electron chi connectivity index (χ2n) is 4.43. The van der Waals surface area contributed by atoms with Gasteiger partial charge in [0.2, 0.25) is 5.91 Å². The quantitative estimate of drug-likeness (QED) is 0.899. The van der Waals surface area contributed by atoms with Crippen LogP contribution in [0.25, 0.3) is 0 Å². The number of aryl methyl sites for hydroxylation is 1. The maximum Gasteiger partial charge on any atom is 0.255 e. The van der Waals surface area contributed by atoms with Gasteiger partial charge in [-0.15, -0.1) is 0 Å². The third kappa shape index (κ3) is 3.65. The number of carbonyl (C=O) groups is 2. The van der Waals surface area contributed by atoms with E-state index in [1.54, 1.807) is 6.07 Å². The highest BCUT2D eigenvalue weighted by atomic mass is 16.2. The Balaban J connectivity index is 2.12. The monoisotopic (exact) mass is 269 g/mol. The number of anilines is 2. The van der Waals surface area contributed by atoms with Crippen LogP contribution < -0.4 is 10.6 Å². The molecule has 1 aromatic carbocycles. The molecule has 1 heterocycles.